The molecule has 0 bridgehead atoms. The summed E-state index contributed by atoms with van der Waals surface area (Å²) in [4.78, 5) is 2.21. The number of allylic oxidation sites excluding steroid dienone is 2. The predicted molar refractivity (Wildman–Crippen MR) is 52.1 cm³/mol. The van der Waals surface area contributed by atoms with Crippen LogP contribution in [0.4, 0.5) is 5.69 Å². The van der Waals surface area contributed by atoms with Gasteiger partial charge in [-0.3, -0.25) is 0 Å². The van der Waals surface area contributed by atoms with Gasteiger partial charge in [0.05, 0.1) is 0 Å². The van der Waals surface area contributed by atoms with Gasteiger partial charge in [-0.2, -0.15) is 0 Å². The van der Waals surface area contributed by atoms with E-state index in [0.29, 0.717) is 0 Å². The molecule has 1 aromatic carbocycles. The fourth-order valence-electron chi connectivity index (χ4n) is 1.28. The molecule has 2 rings (SSSR count). The van der Waals surface area contributed by atoms with Crippen LogP contribution >= 0.6 is 0 Å². The third-order valence-corrected chi connectivity index (χ3v) is 1.90. The van der Waals surface area contributed by atoms with Crippen LogP contribution < -0.4 is 4.90 Å². The molecule has 0 aliphatic carbocycles. The van der Waals surface area contributed by atoms with E-state index in [-0.39, 0.29) is 0 Å². The van der Waals surface area contributed by atoms with Crippen LogP contribution in [-0.2, 0) is 0 Å². The number of hydrogen-bond donors (Lipinski definition) is 0. The summed E-state index contributed by atoms with van der Waals surface area (Å²) in [6.07, 6.45) is 8.36. The van der Waals surface area contributed by atoms with Crippen molar-refractivity contribution in [1.29, 1.82) is 0 Å². The van der Waals surface area contributed by atoms with Crippen LogP contribution in [0.5, 0.6) is 0 Å². The van der Waals surface area contributed by atoms with Gasteiger partial charge in [-0.1, -0.05) is 30.4 Å². The van der Waals surface area contributed by atoms with Crippen LogP contribution in [0.3, 0.4) is 0 Å². The van der Waals surface area contributed by atoms with E-state index in [9.17, 15) is 0 Å². The van der Waals surface area contributed by atoms with Gasteiger partial charge in [0.1, 0.15) is 0 Å². The zero-order chi connectivity index (χ0) is 8.23. The summed E-state index contributed by atoms with van der Waals surface area (Å²) < 4.78 is 0. The largest absolute Gasteiger partial charge is 0.344 e. The highest BCUT2D eigenvalue weighted by Gasteiger charge is 2.00. The van der Waals surface area contributed by atoms with E-state index < -0.39 is 0 Å². The number of para-hydroxylation sites is 1. The van der Waals surface area contributed by atoms with Gasteiger partial charge in [0.25, 0.3) is 0 Å². The molecule has 12 heavy (non-hydrogen) atoms. The minimum atomic E-state index is 0.973. The molecule has 0 aromatic heterocycles. The quantitative estimate of drug-likeness (QED) is 0.605. The lowest BCUT2D eigenvalue weighted by molar-refractivity contribution is 1.07. The molecule has 0 amide bonds. The van der Waals surface area contributed by atoms with E-state index >= 15 is 0 Å². The maximum absolute atomic E-state index is 2.21. The smallest absolute Gasteiger partial charge is 0.0409 e. The zero-order valence-electron chi connectivity index (χ0n) is 6.85. The average Bonchev–Trinajstić information content (AvgIpc) is 2.21. The molecule has 1 heteroatoms. The van der Waals surface area contributed by atoms with Gasteiger partial charge in [-0.25, -0.2) is 0 Å². The molecule has 0 saturated carbocycles. The minimum absolute atomic E-state index is 0.973. The van der Waals surface area contributed by atoms with Crippen LogP contribution in [-0.4, -0.2) is 6.54 Å². The maximum atomic E-state index is 2.21. The number of anilines is 1. The highest BCUT2D eigenvalue weighted by molar-refractivity contribution is 5.50. The molecule has 1 heterocycles. The number of rotatable bonds is 1. The molecule has 1 aliphatic heterocycles. The molecule has 1 aliphatic rings. The van der Waals surface area contributed by atoms with Crippen LogP contribution in [0.1, 0.15) is 0 Å². The summed E-state index contributed by atoms with van der Waals surface area (Å²) in [6, 6.07) is 10.4. The minimum Gasteiger partial charge on any atom is -0.344 e. The lowest BCUT2D eigenvalue weighted by Gasteiger charge is -2.20. The van der Waals surface area contributed by atoms with Crippen molar-refractivity contribution in [2.24, 2.45) is 0 Å². The molecule has 60 valence electrons. The van der Waals surface area contributed by atoms with Gasteiger partial charge >= 0.3 is 0 Å². The normalized spacial score (nSPS) is 15.2. The predicted octanol–water partition coefficient (Wildman–Crippen LogP) is 2.58. The Kier molecular flexibility index (Phi) is 1.95. The van der Waals surface area contributed by atoms with Crippen molar-refractivity contribution in [1.82, 2.24) is 0 Å². The Morgan fingerprint density at radius 3 is 2.50 bits per heavy atom. The summed E-state index contributed by atoms with van der Waals surface area (Å²) in [7, 11) is 0. The second-order valence-corrected chi connectivity index (χ2v) is 2.76. The molecule has 0 saturated heterocycles. The van der Waals surface area contributed by atoms with Crippen LogP contribution in [0.15, 0.2) is 54.8 Å². The topological polar surface area (TPSA) is 3.24 Å². The van der Waals surface area contributed by atoms with Gasteiger partial charge in [-0.05, 0) is 18.2 Å². The molecule has 0 N–H and O–H groups in total. The van der Waals surface area contributed by atoms with Crippen LogP contribution in [0.25, 0.3) is 0 Å². The number of benzene rings is 1. The zero-order valence-corrected chi connectivity index (χ0v) is 6.85. The van der Waals surface area contributed by atoms with E-state index in [1.807, 2.05) is 6.07 Å². The fraction of sp³-hybridized carbons (Fsp3) is 0.0909. The summed E-state index contributed by atoms with van der Waals surface area (Å²) in [5.41, 5.74) is 1.25. The third kappa shape index (κ3) is 1.40. The maximum Gasteiger partial charge on any atom is 0.0409 e. The highest BCUT2D eigenvalue weighted by atomic mass is 15.1. The first-order chi connectivity index (χ1) is 5.97. The summed E-state index contributed by atoms with van der Waals surface area (Å²) in [6.45, 7) is 0.973. The van der Waals surface area contributed by atoms with Crippen molar-refractivity contribution < 1.29 is 0 Å². The molecule has 1 aromatic rings. The Balaban J connectivity index is 2.21. The number of hydrogen-bond acceptors (Lipinski definition) is 1. The van der Waals surface area contributed by atoms with Gasteiger partial charge in [0.15, 0.2) is 0 Å². The molecule has 1 nitrogen and oxygen atoms in total. The lowest BCUT2D eigenvalue weighted by Crippen LogP contribution is -2.16. The van der Waals surface area contributed by atoms with Crippen LogP contribution in [0, 0.1) is 0 Å². The van der Waals surface area contributed by atoms with Gasteiger partial charge in [0, 0.05) is 18.4 Å². The molecular formula is C11H11N. The van der Waals surface area contributed by atoms with Crippen molar-refractivity contribution in [3.63, 3.8) is 0 Å². The second-order valence-electron chi connectivity index (χ2n) is 2.76. The Morgan fingerprint density at radius 2 is 1.83 bits per heavy atom. The average molecular weight is 157 g/mol. The summed E-state index contributed by atoms with van der Waals surface area (Å²) in [5.74, 6) is 0. The molecular weight excluding hydrogens is 146 g/mol. The van der Waals surface area contributed by atoms with Crippen molar-refractivity contribution >= 4 is 5.69 Å². The van der Waals surface area contributed by atoms with Gasteiger partial charge in [0.2, 0.25) is 0 Å². The second kappa shape index (κ2) is 3.26. The SMILES string of the molecule is C1=CCN(c2ccccc2)C=C1. The first-order valence-corrected chi connectivity index (χ1v) is 4.12. The number of nitrogens with zero attached hydrogens (tertiary/aromatic N) is 1. The van der Waals surface area contributed by atoms with E-state index in [0.717, 1.165) is 6.54 Å². The Bertz CT molecular complexity index is 298. The monoisotopic (exact) mass is 157 g/mol. The van der Waals surface area contributed by atoms with Crippen molar-refractivity contribution in [3.05, 3.63) is 54.8 Å². The summed E-state index contributed by atoms with van der Waals surface area (Å²) in [5, 5.41) is 0. The fourth-order valence-corrected chi connectivity index (χ4v) is 1.28. The Hall–Kier alpha value is -1.50. The summed E-state index contributed by atoms with van der Waals surface area (Å²) >= 11 is 0. The van der Waals surface area contributed by atoms with Crippen molar-refractivity contribution in [2.45, 2.75) is 0 Å². The standard InChI is InChI=1S/C11H11N/c1-3-7-11(8-4-1)12-9-5-2-6-10-12/h1-9H,10H2. The highest BCUT2D eigenvalue weighted by Crippen LogP contribution is 2.14. The first kappa shape index (κ1) is 7.17. The molecule has 0 fully saturated rings. The molecule has 0 spiro atoms. The molecule has 0 atom stereocenters. The van der Waals surface area contributed by atoms with Crippen molar-refractivity contribution in [3.8, 4) is 0 Å². The third-order valence-electron chi connectivity index (χ3n) is 1.90. The first-order valence-electron chi connectivity index (χ1n) is 4.12. The van der Waals surface area contributed by atoms with E-state index in [1.165, 1.54) is 5.69 Å². The van der Waals surface area contributed by atoms with E-state index in [2.05, 4.69) is 53.6 Å². The van der Waals surface area contributed by atoms with Gasteiger partial charge < -0.3 is 4.90 Å². The molecule has 0 radical (unpaired) electrons. The molecule has 0 unspecified atom stereocenters. The van der Waals surface area contributed by atoms with E-state index in [4.69, 9.17) is 0 Å². The van der Waals surface area contributed by atoms with Crippen molar-refractivity contribution in [2.75, 3.05) is 11.4 Å². The van der Waals surface area contributed by atoms with Gasteiger partial charge in [-0.15, -0.1) is 0 Å². The Labute approximate surface area is 72.6 Å². The Morgan fingerprint density at radius 1 is 1.00 bits per heavy atom. The lowest BCUT2D eigenvalue weighted by atomic mass is 10.2. The van der Waals surface area contributed by atoms with E-state index in [1.54, 1.807) is 0 Å². The van der Waals surface area contributed by atoms with Crippen LogP contribution in [0.2, 0.25) is 0 Å².